The highest BCUT2D eigenvalue weighted by Gasteiger charge is 2.23. The number of amides is 1. The smallest absolute Gasteiger partial charge is 0.255 e. The number of halogens is 2. The molecule has 1 amide bonds. The van der Waals surface area contributed by atoms with E-state index in [1.165, 1.54) is 6.07 Å². The molecule has 0 saturated carbocycles. The van der Waals surface area contributed by atoms with Gasteiger partial charge in [0.15, 0.2) is 0 Å². The third-order valence-electron chi connectivity index (χ3n) is 4.92. The van der Waals surface area contributed by atoms with Gasteiger partial charge in [-0.05, 0) is 50.0 Å². The molecule has 2 aromatic rings. The van der Waals surface area contributed by atoms with Gasteiger partial charge in [0, 0.05) is 30.4 Å². The van der Waals surface area contributed by atoms with Crippen LogP contribution >= 0.6 is 24.0 Å². The van der Waals surface area contributed by atoms with Gasteiger partial charge in [0.2, 0.25) is 0 Å². The molecule has 1 aromatic heterocycles. The number of nitrogens with one attached hydrogen (secondary N) is 1. The monoisotopic (exact) mass is 409 g/mol. The number of piperidine rings is 1. The van der Waals surface area contributed by atoms with Gasteiger partial charge in [0.05, 0.1) is 12.1 Å². The Morgan fingerprint density at radius 3 is 2.56 bits per heavy atom. The SMILES string of the molecule is CNCC1CCN(C(=O)c2ccc(=O)n(Cc3ccccc3Cl)c2)CC1.Cl. The molecule has 7 heteroatoms. The zero-order valence-corrected chi connectivity index (χ0v) is 16.9. The van der Waals surface area contributed by atoms with Gasteiger partial charge in [-0.1, -0.05) is 29.8 Å². The zero-order valence-electron chi connectivity index (χ0n) is 15.4. The van der Waals surface area contributed by atoms with E-state index in [-0.39, 0.29) is 23.9 Å². The van der Waals surface area contributed by atoms with Crippen molar-refractivity contribution >= 4 is 29.9 Å². The molecule has 1 aliphatic heterocycles. The number of hydrogen-bond donors (Lipinski definition) is 1. The Bertz CT molecular complexity index is 830. The molecule has 0 spiro atoms. The minimum absolute atomic E-state index is 0. The maximum absolute atomic E-state index is 12.8. The van der Waals surface area contributed by atoms with E-state index in [1.54, 1.807) is 22.9 Å². The number of pyridine rings is 1. The lowest BCUT2D eigenvalue weighted by Crippen LogP contribution is -2.40. The van der Waals surface area contributed by atoms with Crippen LogP contribution in [0.1, 0.15) is 28.8 Å². The molecule has 1 aliphatic rings. The zero-order chi connectivity index (χ0) is 18.5. The third-order valence-corrected chi connectivity index (χ3v) is 5.29. The average Bonchev–Trinajstić information content (AvgIpc) is 2.65. The number of likely N-dealkylation sites (tertiary alicyclic amines) is 1. The molecule has 1 fully saturated rings. The van der Waals surface area contributed by atoms with Crippen molar-refractivity contribution in [3.05, 3.63) is 69.1 Å². The maximum Gasteiger partial charge on any atom is 0.255 e. The summed E-state index contributed by atoms with van der Waals surface area (Å²) in [7, 11) is 1.96. The summed E-state index contributed by atoms with van der Waals surface area (Å²) in [6.45, 7) is 2.86. The van der Waals surface area contributed by atoms with Crippen molar-refractivity contribution in [2.75, 3.05) is 26.7 Å². The van der Waals surface area contributed by atoms with Crippen molar-refractivity contribution in [1.82, 2.24) is 14.8 Å². The fraction of sp³-hybridized carbons (Fsp3) is 0.400. The minimum Gasteiger partial charge on any atom is -0.339 e. The van der Waals surface area contributed by atoms with Gasteiger partial charge < -0.3 is 14.8 Å². The van der Waals surface area contributed by atoms with Gasteiger partial charge in [-0.15, -0.1) is 12.4 Å². The van der Waals surface area contributed by atoms with Crippen LogP contribution < -0.4 is 10.9 Å². The molecule has 0 radical (unpaired) electrons. The number of aromatic nitrogens is 1. The van der Waals surface area contributed by atoms with Crippen LogP contribution in [0.2, 0.25) is 5.02 Å². The van der Waals surface area contributed by atoms with Crippen molar-refractivity contribution in [3.63, 3.8) is 0 Å². The van der Waals surface area contributed by atoms with Gasteiger partial charge in [-0.3, -0.25) is 9.59 Å². The Balaban J connectivity index is 0.00000261. The molecule has 0 unspecified atom stereocenters. The Hall–Kier alpha value is -1.82. The van der Waals surface area contributed by atoms with Crippen molar-refractivity contribution < 1.29 is 4.79 Å². The summed E-state index contributed by atoms with van der Waals surface area (Å²) in [5, 5.41) is 3.82. The van der Waals surface area contributed by atoms with Crippen molar-refractivity contribution in [3.8, 4) is 0 Å². The number of carbonyl (C=O) groups excluding carboxylic acids is 1. The molecule has 2 heterocycles. The molecule has 0 aliphatic carbocycles. The number of rotatable bonds is 5. The topological polar surface area (TPSA) is 54.3 Å². The van der Waals surface area contributed by atoms with E-state index in [0.717, 1.165) is 38.0 Å². The van der Waals surface area contributed by atoms with Crippen LogP contribution in [0.5, 0.6) is 0 Å². The molecular formula is C20H25Cl2N3O2. The van der Waals surface area contributed by atoms with E-state index in [2.05, 4.69) is 5.32 Å². The number of nitrogens with zero attached hydrogens (tertiary/aromatic N) is 2. The lowest BCUT2D eigenvalue weighted by atomic mass is 9.96. The summed E-state index contributed by atoms with van der Waals surface area (Å²) in [4.78, 5) is 26.9. The highest BCUT2D eigenvalue weighted by molar-refractivity contribution is 6.31. The van der Waals surface area contributed by atoms with E-state index in [4.69, 9.17) is 11.6 Å². The second kappa shape index (κ2) is 9.93. The maximum atomic E-state index is 12.8. The summed E-state index contributed by atoms with van der Waals surface area (Å²) in [6.07, 6.45) is 3.66. The largest absolute Gasteiger partial charge is 0.339 e. The molecular weight excluding hydrogens is 385 g/mol. The van der Waals surface area contributed by atoms with Crippen molar-refractivity contribution in [2.45, 2.75) is 19.4 Å². The normalized spacial score (nSPS) is 14.7. The molecule has 3 rings (SSSR count). The molecule has 27 heavy (non-hydrogen) atoms. The first-order valence-corrected chi connectivity index (χ1v) is 9.34. The van der Waals surface area contributed by atoms with Crippen LogP contribution in [-0.4, -0.2) is 42.1 Å². The summed E-state index contributed by atoms with van der Waals surface area (Å²) < 4.78 is 1.54. The molecule has 146 valence electrons. The predicted octanol–water partition coefficient (Wildman–Crippen LogP) is 3.04. The van der Waals surface area contributed by atoms with Crippen molar-refractivity contribution in [2.24, 2.45) is 5.92 Å². The van der Waals surface area contributed by atoms with Crippen LogP contribution in [-0.2, 0) is 6.54 Å². The van der Waals surface area contributed by atoms with Gasteiger partial charge in [0.25, 0.3) is 11.5 Å². The molecule has 1 saturated heterocycles. The summed E-state index contributed by atoms with van der Waals surface area (Å²) in [6, 6.07) is 10.5. The summed E-state index contributed by atoms with van der Waals surface area (Å²) in [5.41, 5.74) is 1.26. The summed E-state index contributed by atoms with van der Waals surface area (Å²) in [5.74, 6) is 0.610. The predicted molar refractivity (Wildman–Crippen MR) is 111 cm³/mol. The van der Waals surface area contributed by atoms with Gasteiger partial charge in [0.1, 0.15) is 0 Å². The number of benzene rings is 1. The molecule has 0 bridgehead atoms. The van der Waals surface area contributed by atoms with Gasteiger partial charge >= 0.3 is 0 Å². The minimum atomic E-state index is -0.144. The first-order chi connectivity index (χ1) is 12.6. The van der Waals surface area contributed by atoms with Gasteiger partial charge in [-0.25, -0.2) is 0 Å². The molecule has 5 nitrogen and oxygen atoms in total. The van der Waals surface area contributed by atoms with Crippen LogP contribution in [0.25, 0.3) is 0 Å². The Labute approximate surface area is 170 Å². The Kier molecular flexibility index (Phi) is 7.90. The molecule has 1 N–H and O–H groups in total. The standard InChI is InChI=1S/C20H24ClN3O2.ClH/c1-22-12-15-8-10-23(11-9-15)20(26)17-6-7-19(25)24(14-17)13-16-4-2-3-5-18(16)21;/h2-7,14-15,22H,8-13H2,1H3;1H. The fourth-order valence-electron chi connectivity index (χ4n) is 3.40. The van der Waals surface area contributed by atoms with E-state index >= 15 is 0 Å². The second-order valence-electron chi connectivity index (χ2n) is 6.77. The van der Waals surface area contributed by atoms with Crippen LogP contribution in [0.4, 0.5) is 0 Å². The average molecular weight is 410 g/mol. The molecule has 0 atom stereocenters. The van der Waals surface area contributed by atoms with Crippen molar-refractivity contribution in [1.29, 1.82) is 0 Å². The van der Waals surface area contributed by atoms with E-state index in [0.29, 0.717) is 23.0 Å². The first kappa shape index (κ1) is 21.5. The highest BCUT2D eigenvalue weighted by Crippen LogP contribution is 2.19. The number of carbonyl (C=O) groups is 1. The molecule has 1 aromatic carbocycles. The quantitative estimate of drug-likeness (QED) is 0.825. The fourth-order valence-corrected chi connectivity index (χ4v) is 3.60. The van der Waals surface area contributed by atoms with E-state index in [1.807, 2.05) is 30.1 Å². The van der Waals surface area contributed by atoms with Gasteiger partial charge in [-0.2, -0.15) is 0 Å². The lowest BCUT2D eigenvalue weighted by molar-refractivity contribution is 0.0690. The van der Waals surface area contributed by atoms with E-state index < -0.39 is 0 Å². The Morgan fingerprint density at radius 2 is 1.89 bits per heavy atom. The number of hydrogen-bond acceptors (Lipinski definition) is 3. The lowest BCUT2D eigenvalue weighted by Gasteiger charge is -2.32. The van der Waals surface area contributed by atoms with Crippen LogP contribution in [0.3, 0.4) is 0 Å². The summed E-state index contributed by atoms with van der Waals surface area (Å²) >= 11 is 6.19. The van der Waals surface area contributed by atoms with Crippen LogP contribution in [0, 0.1) is 5.92 Å². The van der Waals surface area contributed by atoms with Crippen LogP contribution in [0.15, 0.2) is 47.4 Å². The third kappa shape index (κ3) is 5.34. The Morgan fingerprint density at radius 1 is 1.19 bits per heavy atom. The van der Waals surface area contributed by atoms with E-state index in [9.17, 15) is 9.59 Å². The highest BCUT2D eigenvalue weighted by atomic mass is 35.5. The second-order valence-corrected chi connectivity index (χ2v) is 7.18. The first-order valence-electron chi connectivity index (χ1n) is 8.96.